The lowest BCUT2D eigenvalue weighted by atomic mass is 9.50. The predicted molar refractivity (Wildman–Crippen MR) is 191 cm³/mol. The molecule has 8 heteroatoms. The SMILES string of the molecule is CCCCCCCC/C=C/CCCCCCCC(=O)C[C@@H](CC(C)=O)C(=O)OC1=CC[C@@]2(O)[C@H]3Cc4ccc(O)c5c4[C@@]2(CCN3C)[C@H]1O5. The van der Waals surface area contributed by atoms with Gasteiger partial charge in [-0.1, -0.05) is 76.5 Å². The largest absolute Gasteiger partial charge is 0.504 e. The van der Waals surface area contributed by atoms with Crippen molar-refractivity contribution in [3.05, 3.63) is 47.2 Å². The molecule has 0 amide bonds. The lowest BCUT2D eigenvalue weighted by Crippen LogP contribution is -2.74. The van der Waals surface area contributed by atoms with Crippen LogP contribution >= 0.6 is 0 Å². The molecule has 0 unspecified atom stereocenters. The second-order valence-electron chi connectivity index (χ2n) is 15.2. The zero-order valence-corrected chi connectivity index (χ0v) is 30.1. The molecule has 8 nitrogen and oxygen atoms in total. The first-order valence-corrected chi connectivity index (χ1v) is 19.1. The van der Waals surface area contributed by atoms with E-state index in [1.165, 1.54) is 51.9 Å². The average Bonchev–Trinajstić information content (AvgIpc) is 3.43. The van der Waals surface area contributed by atoms with Crippen molar-refractivity contribution in [3.8, 4) is 11.5 Å². The van der Waals surface area contributed by atoms with E-state index in [4.69, 9.17) is 9.47 Å². The number of phenols is 1. The van der Waals surface area contributed by atoms with Crippen LogP contribution in [0.25, 0.3) is 0 Å². The molecule has 5 rings (SSSR count). The Morgan fingerprint density at radius 3 is 2.37 bits per heavy atom. The van der Waals surface area contributed by atoms with Gasteiger partial charge in [-0.2, -0.15) is 0 Å². The summed E-state index contributed by atoms with van der Waals surface area (Å²) in [5, 5.41) is 23.1. The number of phenolic OH excluding ortho intramolecular Hbond substituents is 1. The minimum atomic E-state index is -1.16. The number of carbonyl (C=O) groups is 3. The summed E-state index contributed by atoms with van der Waals surface area (Å²) in [5.41, 5.74) is -0.182. The molecule has 0 radical (unpaired) electrons. The second-order valence-corrected chi connectivity index (χ2v) is 15.2. The molecule has 4 aliphatic rings. The molecule has 2 bridgehead atoms. The zero-order valence-electron chi connectivity index (χ0n) is 30.1. The Labute approximate surface area is 293 Å². The first-order valence-electron chi connectivity index (χ1n) is 19.1. The monoisotopic (exact) mass is 677 g/mol. The van der Waals surface area contributed by atoms with E-state index in [0.29, 0.717) is 30.8 Å². The van der Waals surface area contributed by atoms with Crippen molar-refractivity contribution < 1.29 is 34.1 Å². The summed E-state index contributed by atoms with van der Waals surface area (Å²) in [6.45, 7) is 4.40. The third-order valence-corrected chi connectivity index (χ3v) is 11.6. The summed E-state index contributed by atoms with van der Waals surface area (Å²) in [5.74, 6) is -1.06. The van der Waals surface area contributed by atoms with Crippen molar-refractivity contribution in [2.24, 2.45) is 5.92 Å². The molecule has 2 aliphatic carbocycles. The molecule has 0 aromatic heterocycles. The quantitative estimate of drug-likeness (QED) is 0.0770. The number of allylic oxidation sites excluding steroid dienone is 2. The van der Waals surface area contributed by atoms with Crippen LogP contribution < -0.4 is 4.74 Å². The van der Waals surface area contributed by atoms with E-state index in [2.05, 4.69) is 24.0 Å². The molecule has 1 fully saturated rings. The summed E-state index contributed by atoms with van der Waals surface area (Å²) in [7, 11) is 2.02. The Kier molecular flexibility index (Phi) is 12.8. The minimum Gasteiger partial charge on any atom is -0.504 e. The Balaban J connectivity index is 1.10. The van der Waals surface area contributed by atoms with Gasteiger partial charge in [0.05, 0.1) is 16.9 Å². The second kappa shape index (κ2) is 16.8. The van der Waals surface area contributed by atoms with Gasteiger partial charge in [0.2, 0.25) is 0 Å². The third-order valence-electron chi connectivity index (χ3n) is 11.6. The summed E-state index contributed by atoms with van der Waals surface area (Å²) < 4.78 is 12.4. The predicted octanol–water partition coefficient (Wildman–Crippen LogP) is 7.81. The maximum atomic E-state index is 13.6. The number of aliphatic hydroxyl groups is 1. The summed E-state index contributed by atoms with van der Waals surface area (Å²) >= 11 is 0. The van der Waals surface area contributed by atoms with Crippen LogP contribution in [-0.4, -0.2) is 64.0 Å². The third kappa shape index (κ3) is 8.01. The van der Waals surface area contributed by atoms with Crippen LogP contribution in [-0.2, 0) is 31.0 Å². The molecule has 2 aliphatic heterocycles. The number of nitrogens with zero attached hydrogens (tertiary/aromatic N) is 1. The van der Waals surface area contributed by atoms with E-state index in [0.717, 1.165) is 56.2 Å². The number of unbranched alkanes of at least 4 members (excludes halogenated alkanes) is 11. The molecule has 5 atom stereocenters. The molecule has 1 spiro atoms. The Bertz CT molecular complexity index is 1400. The normalized spacial score (nSPS) is 25.8. The average molecular weight is 678 g/mol. The van der Waals surface area contributed by atoms with Crippen LogP contribution in [0.15, 0.2) is 36.1 Å². The van der Waals surface area contributed by atoms with Gasteiger partial charge in [-0.05, 0) is 83.2 Å². The van der Waals surface area contributed by atoms with Crippen molar-refractivity contribution in [2.45, 2.75) is 159 Å². The molecule has 1 saturated heterocycles. The molecular formula is C41H59NO7. The van der Waals surface area contributed by atoms with E-state index < -0.39 is 29.0 Å². The van der Waals surface area contributed by atoms with Crippen LogP contribution in [0.4, 0.5) is 0 Å². The fourth-order valence-corrected chi connectivity index (χ4v) is 8.99. The van der Waals surface area contributed by atoms with Crippen LogP contribution in [0.1, 0.15) is 141 Å². The van der Waals surface area contributed by atoms with Gasteiger partial charge in [0, 0.05) is 37.3 Å². The number of Topliss-reactive ketones (excluding diaryl/α,β-unsaturated/α-hetero) is 2. The van der Waals surface area contributed by atoms with Gasteiger partial charge in [-0.3, -0.25) is 9.59 Å². The summed E-state index contributed by atoms with van der Waals surface area (Å²) in [6, 6.07) is 3.38. The van der Waals surface area contributed by atoms with E-state index >= 15 is 0 Å². The maximum absolute atomic E-state index is 13.6. The highest BCUT2D eigenvalue weighted by Gasteiger charge is 2.72. The highest BCUT2D eigenvalue weighted by atomic mass is 16.6. The molecule has 2 heterocycles. The number of carbonyl (C=O) groups excluding carboxylic acids is 3. The smallest absolute Gasteiger partial charge is 0.315 e. The minimum absolute atomic E-state index is 0.00335. The molecule has 49 heavy (non-hydrogen) atoms. The first-order chi connectivity index (χ1) is 23.6. The van der Waals surface area contributed by atoms with Crippen molar-refractivity contribution in [3.63, 3.8) is 0 Å². The standard InChI is InChI=1S/C41H59NO7/c1-4-5-6-7-8-9-10-11-12-13-14-15-16-17-18-19-32(44)27-31(26-29(2)43)39(46)48-34-22-23-41(47)35-28-30-20-21-33(45)37-36(30)40(41,38(34)49-37)24-25-42(35)3/h11-12,20-22,31,35,38,45,47H,4-10,13-19,23-28H2,1-3H3/b12-11+/t31-,35-,38+,40+,41-/m1/s1. The van der Waals surface area contributed by atoms with Gasteiger partial charge in [0.15, 0.2) is 17.6 Å². The van der Waals surface area contributed by atoms with E-state index in [9.17, 15) is 24.6 Å². The number of piperidine rings is 1. The number of hydrogen-bond acceptors (Lipinski definition) is 8. The highest BCUT2D eigenvalue weighted by Crippen LogP contribution is 2.65. The Morgan fingerprint density at radius 1 is 1.00 bits per heavy atom. The fraction of sp³-hybridized carbons (Fsp3) is 0.683. The number of esters is 1. The van der Waals surface area contributed by atoms with Crippen LogP contribution in [0.2, 0.25) is 0 Å². The number of rotatable bonds is 21. The van der Waals surface area contributed by atoms with Crippen molar-refractivity contribution >= 4 is 17.5 Å². The number of hydrogen-bond donors (Lipinski definition) is 2. The lowest BCUT2D eigenvalue weighted by Gasteiger charge is -2.61. The summed E-state index contributed by atoms with van der Waals surface area (Å²) in [6.07, 6.45) is 22.7. The number of ketones is 2. The molecular weight excluding hydrogens is 618 g/mol. The van der Waals surface area contributed by atoms with E-state index in [-0.39, 0.29) is 42.6 Å². The van der Waals surface area contributed by atoms with Crippen molar-refractivity contribution in [2.75, 3.05) is 13.6 Å². The highest BCUT2D eigenvalue weighted by molar-refractivity contribution is 5.88. The first kappa shape index (κ1) is 37.3. The van der Waals surface area contributed by atoms with Gasteiger partial charge < -0.3 is 29.4 Å². The molecule has 0 saturated carbocycles. The van der Waals surface area contributed by atoms with Gasteiger partial charge >= 0.3 is 5.97 Å². The van der Waals surface area contributed by atoms with E-state index in [1.807, 2.05) is 13.1 Å². The number of aromatic hydroxyl groups is 1. The topological polar surface area (TPSA) is 113 Å². The van der Waals surface area contributed by atoms with Gasteiger partial charge in [-0.15, -0.1) is 0 Å². The van der Waals surface area contributed by atoms with Crippen LogP contribution in [0.3, 0.4) is 0 Å². The number of benzene rings is 1. The van der Waals surface area contributed by atoms with Gasteiger partial charge in [0.1, 0.15) is 17.3 Å². The van der Waals surface area contributed by atoms with Crippen molar-refractivity contribution in [1.29, 1.82) is 0 Å². The van der Waals surface area contributed by atoms with Crippen molar-refractivity contribution in [1.82, 2.24) is 4.90 Å². The number of likely N-dealkylation sites (tertiary alicyclic amines) is 1. The zero-order chi connectivity index (χ0) is 35.0. The maximum Gasteiger partial charge on any atom is 0.315 e. The number of ether oxygens (including phenoxy) is 2. The molecule has 1 aromatic carbocycles. The summed E-state index contributed by atoms with van der Waals surface area (Å²) in [4.78, 5) is 41.0. The molecule has 2 N–H and O–H groups in total. The van der Waals surface area contributed by atoms with E-state index in [1.54, 1.807) is 12.1 Å². The Hall–Kier alpha value is -2.97. The van der Waals surface area contributed by atoms with Gasteiger partial charge in [0.25, 0.3) is 0 Å². The van der Waals surface area contributed by atoms with Gasteiger partial charge in [-0.25, -0.2) is 0 Å². The van der Waals surface area contributed by atoms with Crippen LogP contribution in [0, 0.1) is 5.92 Å². The molecule has 1 aromatic rings. The lowest BCUT2D eigenvalue weighted by molar-refractivity contribution is -0.171. The fourth-order valence-electron chi connectivity index (χ4n) is 8.99. The Morgan fingerprint density at radius 2 is 1.67 bits per heavy atom. The molecule has 270 valence electrons. The number of likely N-dealkylation sites (N-methyl/N-ethyl adjacent to an activating group) is 1. The van der Waals surface area contributed by atoms with Crippen LogP contribution in [0.5, 0.6) is 11.5 Å².